The summed E-state index contributed by atoms with van der Waals surface area (Å²) in [6.45, 7) is 0. The van der Waals surface area contributed by atoms with Gasteiger partial charge in [0.05, 0.1) is 16.4 Å². The highest BCUT2D eigenvalue weighted by molar-refractivity contribution is 9.10. The van der Waals surface area contributed by atoms with Gasteiger partial charge >= 0.3 is 5.97 Å². The van der Waals surface area contributed by atoms with E-state index in [1.807, 2.05) is 0 Å². The van der Waals surface area contributed by atoms with E-state index in [0.717, 1.165) is 0 Å². The highest BCUT2D eigenvalue weighted by Gasteiger charge is 2.08. The maximum absolute atomic E-state index is 11.1. The minimum absolute atomic E-state index is 0.270. The maximum atomic E-state index is 11.1. The van der Waals surface area contributed by atoms with E-state index in [4.69, 9.17) is 16.7 Å². The molecule has 0 saturated heterocycles. The number of nitrogens with one attached hydrogen (secondary N) is 1. The van der Waals surface area contributed by atoms with E-state index in [2.05, 4.69) is 26.2 Å². The first-order valence-electron chi connectivity index (χ1n) is 3.81. The van der Waals surface area contributed by atoms with Crippen LogP contribution in [0.1, 0.15) is 6.42 Å². The summed E-state index contributed by atoms with van der Waals surface area (Å²) in [5, 5.41) is 11.0. The fourth-order valence-electron chi connectivity index (χ4n) is 0.832. The SMILES string of the molecule is O=C(O)CC(=O)Nc1cnc(Cl)c(Br)c1. The summed E-state index contributed by atoms with van der Waals surface area (Å²) in [6, 6.07) is 1.54. The number of anilines is 1. The standard InChI is InChI=1S/C8H6BrClN2O3/c9-5-1-4(3-11-8(5)10)12-6(13)2-7(14)15/h1,3H,2H2,(H,12,13)(H,14,15). The first-order valence-corrected chi connectivity index (χ1v) is 4.99. The Balaban J connectivity index is 2.69. The van der Waals surface area contributed by atoms with Crippen LogP contribution in [-0.4, -0.2) is 22.0 Å². The maximum Gasteiger partial charge on any atom is 0.312 e. The molecule has 0 spiro atoms. The van der Waals surface area contributed by atoms with E-state index >= 15 is 0 Å². The number of aliphatic carboxylic acids is 1. The number of halogens is 2. The third-order valence-corrected chi connectivity index (χ3v) is 2.53. The molecule has 80 valence electrons. The Morgan fingerprint density at radius 3 is 2.80 bits per heavy atom. The van der Waals surface area contributed by atoms with Gasteiger partial charge in [0, 0.05) is 0 Å². The van der Waals surface area contributed by atoms with Gasteiger partial charge < -0.3 is 10.4 Å². The zero-order chi connectivity index (χ0) is 11.4. The van der Waals surface area contributed by atoms with Crippen molar-refractivity contribution in [3.8, 4) is 0 Å². The van der Waals surface area contributed by atoms with Crippen molar-refractivity contribution in [1.29, 1.82) is 0 Å². The van der Waals surface area contributed by atoms with E-state index in [1.165, 1.54) is 12.3 Å². The molecule has 0 aliphatic heterocycles. The van der Waals surface area contributed by atoms with Gasteiger partial charge in [0.25, 0.3) is 0 Å². The van der Waals surface area contributed by atoms with Crippen molar-refractivity contribution in [2.75, 3.05) is 5.32 Å². The summed E-state index contributed by atoms with van der Waals surface area (Å²) in [5.41, 5.74) is 0.387. The van der Waals surface area contributed by atoms with E-state index in [1.54, 1.807) is 0 Å². The Morgan fingerprint density at radius 1 is 1.60 bits per heavy atom. The number of amides is 1. The molecule has 1 heterocycles. The average Bonchev–Trinajstić information content (AvgIpc) is 2.10. The van der Waals surface area contributed by atoms with Gasteiger partial charge in [-0.3, -0.25) is 9.59 Å². The summed E-state index contributed by atoms with van der Waals surface area (Å²) < 4.78 is 0.525. The van der Waals surface area contributed by atoms with Crippen LogP contribution in [0, 0.1) is 0 Å². The van der Waals surface area contributed by atoms with E-state index in [-0.39, 0.29) is 5.15 Å². The number of carbonyl (C=O) groups excluding carboxylic acids is 1. The van der Waals surface area contributed by atoms with Crippen LogP contribution >= 0.6 is 27.5 Å². The monoisotopic (exact) mass is 292 g/mol. The number of nitrogens with zero attached hydrogens (tertiary/aromatic N) is 1. The van der Waals surface area contributed by atoms with Gasteiger partial charge in [-0.05, 0) is 22.0 Å². The van der Waals surface area contributed by atoms with Crippen LogP contribution in [-0.2, 0) is 9.59 Å². The molecule has 2 N–H and O–H groups in total. The molecular weight excluding hydrogens is 287 g/mol. The van der Waals surface area contributed by atoms with Crippen LogP contribution in [0.15, 0.2) is 16.7 Å². The van der Waals surface area contributed by atoms with Crippen molar-refractivity contribution in [2.24, 2.45) is 0 Å². The Hall–Kier alpha value is -1.14. The number of rotatable bonds is 3. The molecular formula is C8H6BrClN2O3. The molecule has 7 heteroatoms. The predicted molar refractivity (Wildman–Crippen MR) is 57.8 cm³/mol. The van der Waals surface area contributed by atoms with E-state index < -0.39 is 18.3 Å². The van der Waals surface area contributed by atoms with E-state index in [9.17, 15) is 9.59 Å². The van der Waals surface area contributed by atoms with Crippen molar-refractivity contribution in [1.82, 2.24) is 4.98 Å². The Bertz CT molecular complexity index is 411. The molecule has 0 unspecified atom stereocenters. The quantitative estimate of drug-likeness (QED) is 0.659. The second-order valence-electron chi connectivity index (χ2n) is 2.62. The highest BCUT2D eigenvalue weighted by Crippen LogP contribution is 2.22. The lowest BCUT2D eigenvalue weighted by atomic mass is 10.3. The normalized spacial score (nSPS) is 9.73. The number of carbonyl (C=O) groups is 2. The van der Waals surface area contributed by atoms with Gasteiger partial charge in [0.15, 0.2) is 0 Å². The third kappa shape index (κ3) is 3.85. The van der Waals surface area contributed by atoms with E-state index in [0.29, 0.717) is 10.2 Å². The molecule has 0 atom stereocenters. The highest BCUT2D eigenvalue weighted by atomic mass is 79.9. The minimum Gasteiger partial charge on any atom is -0.481 e. The van der Waals surface area contributed by atoms with Crippen molar-refractivity contribution in [3.05, 3.63) is 21.9 Å². The van der Waals surface area contributed by atoms with Gasteiger partial charge in [0.1, 0.15) is 11.6 Å². The van der Waals surface area contributed by atoms with Gasteiger partial charge in [-0.15, -0.1) is 0 Å². The first kappa shape index (κ1) is 11.9. The largest absolute Gasteiger partial charge is 0.481 e. The molecule has 0 fully saturated rings. The zero-order valence-corrected chi connectivity index (χ0v) is 9.67. The lowest BCUT2D eigenvalue weighted by Crippen LogP contribution is -2.15. The van der Waals surface area contributed by atoms with Gasteiger partial charge in [-0.25, -0.2) is 4.98 Å². The van der Waals surface area contributed by atoms with Crippen molar-refractivity contribution in [3.63, 3.8) is 0 Å². The number of hydrogen-bond acceptors (Lipinski definition) is 3. The van der Waals surface area contributed by atoms with Crippen molar-refractivity contribution in [2.45, 2.75) is 6.42 Å². The number of hydrogen-bond donors (Lipinski definition) is 2. The Kier molecular flexibility index (Phi) is 4.05. The predicted octanol–water partition coefficient (Wildman–Crippen LogP) is 1.91. The molecule has 1 rings (SSSR count). The summed E-state index contributed by atoms with van der Waals surface area (Å²) in [6.07, 6.45) is 0.757. The van der Waals surface area contributed by atoms with Crippen LogP contribution < -0.4 is 5.32 Å². The van der Waals surface area contributed by atoms with Gasteiger partial charge in [-0.2, -0.15) is 0 Å². The van der Waals surface area contributed by atoms with Crippen molar-refractivity contribution < 1.29 is 14.7 Å². The summed E-state index contributed by atoms with van der Waals surface area (Å²) >= 11 is 8.76. The van der Waals surface area contributed by atoms with Gasteiger partial charge in [0.2, 0.25) is 5.91 Å². The molecule has 0 aliphatic carbocycles. The summed E-state index contributed by atoms with van der Waals surface area (Å²) in [7, 11) is 0. The third-order valence-electron chi connectivity index (χ3n) is 1.39. The Labute approximate surface area is 98.6 Å². The van der Waals surface area contributed by atoms with Crippen molar-refractivity contribution >= 4 is 45.1 Å². The molecule has 1 aromatic heterocycles. The number of pyridine rings is 1. The second-order valence-corrected chi connectivity index (χ2v) is 3.83. The fourth-order valence-corrected chi connectivity index (χ4v) is 1.28. The van der Waals surface area contributed by atoms with Crippen LogP contribution in [0.3, 0.4) is 0 Å². The first-order chi connectivity index (χ1) is 6.99. The topological polar surface area (TPSA) is 79.3 Å². The summed E-state index contributed by atoms with van der Waals surface area (Å²) in [4.78, 5) is 25.0. The van der Waals surface area contributed by atoms with Crippen LogP contribution in [0.4, 0.5) is 5.69 Å². The lowest BCUT2D eigenvalue weighted by Gasteiger charge is -2.03. The molecule has 0 radical (unpaired) electrons. The molecule has 15 heavy (non-hydrogen) atoms. The van der Waals surface area contributed by atoms with Crippen LogP contribution in [0.5, 0.6) is 0 Å². The van der Waals surface area contributed by atoms with Crippen LogP contribution in [0.2, 0.25) is 5.15 Å². The summed E-state index contributed by atoms with van der Waals surface area (Å²) in [5.74, 6) is -1.80. The molecule has 1 aromatic rings. The number of aromatic nitrogens is 1. The zero-order valence-electron chi connectivity index (χ0n) is 7.33. The number of carboxylic acids is 1. The average molecular weight is 294 g/mol. The molecule has 0 bridgehead atoms. The molecule has 1 amide bonds. The smallest absolute Gasteiger partial charge is 0.312 e. The Morgan fingerprint density at radius 2 is 2.27 bits per heavy atom. The molecule has 0 aromatic carbocycles. The lowest BCUT2D eigenvalue weighted by molar-refractivity contribution is -0.139. The van der Waals surface area contributed by atoms with Crippen LogP contribution in [0.25, 0.3) is 0 Å². The molecule has 0 aliphatic rings. The molecule has 0 saturated carbocycles. The second kappa shape index (κ2) is 5.09. The van der Waals surface area contributed by atoms with Gasteiger partial charge in [-0.1, -0.05) is 11.6 Å². The fraction of sp³-hybridized carbons (Fsp3) is 0.125. The number of carboxylic acid groups (broad SMARTS) is 1. The minimum atomic E-state index is -1.19. The molecule has 5 nitrogen and oxygen atoms in total.